The van der Waals surface area contributed by atoms with Crippen LogP contribution in [0.5, 0.6) is 11.5 Å². The number of sulfonamides is 1. The number of benzene rings is 2. The van der Waals surface area contributed by atoms with E-state index in [9.17, 15) is 13.2 Å². The average Bonchev–Trinajstić information content (AvgIpc) is 2.99. The lowest BCUT2D eigenvalue weighted by molar-refractivity contribution is -0.123. The number of carbonyl (C=O) groups excluding carboxylic acids is 1. The first-order valence-electron chi connectivity index (χ1n) is 9.31. The van der Waals surface area contributed by atoms with Crippen LogP contribution in [0.3, 0.4) is 0 Å². The molecule has 7 nitrogen and oxygen atoms in total. The maximum Gasteiger partial charge on any atom is 0.258 e. The number of hydrogen-bond donors (Lipinski definition) is 1. The van der Waals surface area contributed by atoms with Crippen LogP contribution < -0.4 is 14.8 Å². The molecule has 29 heavy (non-hydrogen) atoms. The molecule has 0 atom stereocenters. The molecule has 3 rings (SSSR count). The average molecular weight is 419 g/mol. The van der Waals surface area contributed by atoms with E-state index in [-0.39, 0.29) is 29.6 Å². The molecule has 0 fully saturated rings. The number of para-hydroxylation sites is 1. The molecule has 0 aliphatic carbocycles. The fraction of sp³-hybridized carbons (Fsp3) is 0.381. The van der Waals surface area contributed by atoms with E-state index in [4.69, 9.17) is 9.47 Å². The molecule has 156 valence electrons. The van der Waals surface area contributed by atoms with Gasteiger partial charge in [0.05, 0.1) is 4.90 Å². The Morgan fingerprint density at radius 1 is 1.17 bits per heavy atom. The predicted octanol–water partition coefficient (Wildman–Crippen LogP) is 2.35. The molecule has 0 saturated heterocycles. The number of rotatable bonds is 7. The smallest absolute Gasteiger partial charge is 0.258 e. The van der Waals surface area contributed by atoms with Crippen LogP contribution in [0.4, 0.5) is 0 Å². The number of ether oxygens (including phenoxy) is 2. The second kappa shape index (κ2) is 8.04. The minimum absolute atomic E-state index is 0.0852. The summed E-state index contributed by atoms with van der Waals surface area (Å²) < 4.78 is 37.6. The van der Waals surface area contributed by atoms with E-state index >= 15 is 0 Å². The van der Waals surface area contributed by atoms with Crippen LogP contribution in [0.2, 0.25) is 0 Å². The van der Waals surface area contributed by atoms with Gasteiger partial charge in [-0.25, -0.2) is 12.7 Å². The molecule has 0 radical (unpaired) electrons. The fourth-order valence-electron chi connectivity index (χ4n) is 3.19. The highest BCUT2D eigenvalue weighted by molar-refractivity contribution is 7.89. The van der Waals surface area contributed by atoms with Crippen molar-refractivity contribution in [3.8, 4) is 11.5 Å². The second-order valence-corrected chi connectivity index (χ2v) is 9.86. The lowest BCUT2D eigenvalue weighted by Gasteiger charge is -2.18. The van der Waals surface area contributed by atoms with Crippen LogP contribution in [0.15, 0.2) is 47.4 Å². The molecular weight excluding hydrogens is 392 g/mol. The summed E-state index contributed by atoms with van der Waals surface area (Å²) >= 11 is 0. The van der Waals surface area contributed by atoms with Crippen molar-refractivity contribution in [2.75, 3.05) is 20.7 Å². The Kier molecular flexibility index (Phi) is 5.86. The third-order valence-electron chi connectivity index (χ3n) is 4.62. The summed E-state index contributed by atoms with van der Waals surface area (Å²) in [5.74, 6) is 0.850. The summed E-state index contributed by atoms with van der Waals surface area (Å²) in [7, 11) is -0.650. The first kappa shape index (κ1) is 21.1. The Balaban J connectivity index is 1.63. The van der Waals surface area contributed by atoms with Crippen molar-refractivity contribution >= 4 is 15.9 Å². The van der Waals surface area contributed by atoms with Gasteiger partial charge >= 0.3 is 0 Å². The quantitative estimate of drug-likeness (QED) is 0.746. The van der Waals surface area contributed by atoms with Gasteiger partial charge in [-0.2, -0.15) is 0 Å². The van der Waals surface area contributed by atoms with E-state index < -0.39 is 10.0 Å². The summed E-state index contributed by atoms with van der Waals surface area (Å²) in [6.07, 6.45) is 0.781. The standard InChI is InChI=1S/C21H26N2O5S/c1-21(2)12-15-9-7-10-17(20(15)28-21)27-14-19(24)22-13-16-8-5-6-11-18(16)29(25,26)23(3)4/h5-11H,12-14H2,1-4H3,(H,22,24). The van der Waals surface area contributed by atoms with Gasteiger partial charge in [0.15, 0.2) is 18.1 Å². The maximum absolute atomic E-state index is 12.4. The molecule has 1 amide bonds. The van der Waals surface area contributed by atoms with Gasteiger partial charge in [-0.15, -0.1) is 0 Å². The predicted molar refractivity (Wildman–Crippen MR) is 110 cm³/mol. The molecule has 0 aromatic heterocycles. The van der Waals surface area contributed by atoms with Crippen molar-refractivity contribution in [1.29, 1.82) is 0 Å². The molecule has 0 spiro atoms. The molecule has 1 aliphatic heterocycles. The summed E-state index contributed by atoms with van der Waals surface area (Å²) in [5, 5.41) is 2.72. The highest BCUT2D eigenvalue weighted by atomic mass is 32.2. The van der Waals surface area contributed by atoms with Crippen LogP contribution in [0.25, 0.3) is 0 Å². The molecule has 0 bridgehead atoms. The van der Waals surface area contributed by atoms with E-state index in [1.807, 2.05) is 26.0 Å². The zero-order valence-electron chi connectivity index (χ0n) is 17.1. The molecule has 0 saturated carbocycles. The van der Waals surface area contributed by atoms with Crippen molar-refractivity contribution in [2.24, 2.45) is 0 Å². The third-order valence-corrected chi connectivity index (χ3v) is 6.54. The Morgan fingerprint density at radius 3 is 2.62 bits per heavy atom. The topological polar surface area (TPSA) is 84.9 Å². The summed E-state index contributed by atoms with van der Waals surface area (Å²) in [6, 6.07) is 12.2. The monoisotopic (exact) mass is 418 g/mol. The van der Waals surface area contributed by atoms with Crippen LogP contribution in [0.1, 0.15) is 25.0 Å². The Bertz CT molecular complexity index is 1020. The number of nitrogens with zero attached hydrogens (tertiary/aromatic N) is 1. The van der Waals surface area contributed by atoms with Crippen LogP contribution in [0, 0.1) is 0 Å². The molecule has 1 aliphatic rings. The van der Waals surface area contributed by atoms with E-state index in [1.54, 1.807) is 24.3 Å². The first-order chi connectivity index (χ1) is 13.6. The van der Waals surface area contributed by atoms with Crippen LogP contribution in [-0.4, -0.2) is 44.9 Å². The molecule has 1 N–H and O–H groups in total. The van der Waals surface area contributed by atoms with Gasteiger partial charge in [0.1, 0.15) is 5.60 Å². The van der Waals surface area contributed by atoms with Crippen LogP contribution in [-0.2, 0) is 27.8 Å². The van der Waals surface area contributed by atoms with Crippen molar-refractivity contribution in [3.63, 3.8) is 0 Å². The lowest BCUT2D eigenvalue weighted by Crippen LogP contribution is -2.30. The van der Waals surface area contributed by atoms with E-state index in [0.29, 0.717) is 17.1 Å². The van der Waals surface area contributed by atoms with Gasteiger partial charge in [-0.1, -0.05) is 30.3 Å². The van der Waals surface area contributed by atoms with Gasteiger partial charge in [0.25, 0.3) is 5.91 Å². The highest BCUT2D eigenvalue weighted by Crippen LogP contribution is 2.41. The molecule has 2 aromatic rings. The number of nitrogens with one attached hydrogen (secondary N) is 1. The van der Waals surface area contributed by atoms with Crippen molar-refractivity contribution in [3.05, 3.63) is 53.6 Å². The van der Waals surface area contributed by atoms with Gasteiger partial charge in [0.2, 0.25) is 10.0 Å². The van der Waals surface area contributed by atoms with Crippen molar-refractivity contribution < 1.29 is 22.7 Å². The number of amides is 1. The lowest BCUT2D eigenvalue weighted by atomic mass is 10.0. The van der Waals surface area contributed by atoms with Gasteiger partial charge in [-0.3, -0.25) is 4.79 Å². The van der Waals surface area contributed by atoms with Crippen LogP contribution >= 0.6 is 0 Å². The second-order valence-electron chi connectivity index (χ2n) is 7.74. The Hall–Kier alpha value is -2.58. The largest absolute Gasteiger partial charge is 0.483 e. The molecule has 1 heterocycles. The van der Waals surface area contributed by atoms with Crippen molar-refractivity contribution in [2.45, 2.75) is 37.3 Å². The maximum atomic E-state index is 12.4. The highest BCUT2D eigenvalue weighted by Gasteiger charge is 2.32. The number of hydrogen-bond acceptors (Lipinski definition) is 5. The molecule has 8 heteroatoms. The molecule has 2 aromatic carbocycles. The minimum Gasteiger partial charge on any atom is -0.483 e. The van der Waals surface area contributed by atoms with E-state index in [0.717, 1.165) is 16.3 Å². The number of carbonyl (C=O) groups is 1. The molecule has 0 unspecified atom stereocenters. The Morgan fingerprint density at radius 2 is 1.90 bits per heavy atom. The van der Waals surface area contributed by atoms with E-state index in [1.165, 1.54) is 20.2 Å². The van der Waals surface area contributed by atoms with Crippen molar-refractivity contribution in [1.82, 2.24) is 9.62 Å². The number of fused-ring (bicyclic) bond motifs is 1. The van der Waals surface area contributed by atoms with E-state index in [2.05, 4.69) is 5.32 Å². The fourth-order valence-corrected chi connectivity index (χ4v) is 4.30. The minimum atomic E-state index is -3.59. The zero-order chi connectivity index (χ0) is 21.2. The Labute approximate surface area is 171 Å². The zero-order valence-corrected chi connectivity index (χ0v) is 17.9. The summed E-state index contributed by atoms with van der Waals surface area (Å²) in [4.78, 5) is 12.4. The SMILES string of the molecule is CN(C)S(=O)(=O)c1ccccc1CNC(=O)COc1cccc2c1OC(C)(C)C2. The van der Waals surface area contributed by atoms with Gasteiger partial charge < -0.3 is 14.8 Å². The third kappa shape index (κ3) is 4.71. The summed E-state index contributed by atoms with van der Waals surface area (Å²) in [5.41, 5.74) is 1.27. The van der Waals surface area contributed by atoms with Gasteiger partial charge in [0, 0.05) is 32.6 Å². The van der Waals surface area contributed by atoms with Gasteiger partial charge in [-0.05, 0) is 31.5 Å². The summed E-state index contributed by atoms with van der Waals surface area (Å²) in [6.45, 7) is 3.90. The normalized spacial score (nSPS) is 14.9. The first-order valence-corrected chi connectivity index (χ1v) is 10.7. The molecular formula is C21H26N2O5S.